The van der Waals surface area contributed by atoms with Crippen molar-refractivity contribution in [2.24, 2.45) is 0 Å². The smallest absolute Gasteiger partial charge is 0.225 e. The Morgan fingerprint density at radius 1 is 1.50 bits per heavy atom. The van der Waals surface area contributed by atoms with Crippen LogP contribution >= 0.6 is 0 Å². The Morgan fingerprint density at radius 3 is 2.81 bits per heavy atom. The van der Waals surface area contributed by atoms with Crippen LogP contribution in [0.1, 0.15) is 31.7 Å². The third-order valence-electron chi connectivity index (χ3n) is 3.01. The average Bonchev–Trinajstić information content (AvgIpc) is 2.66. The van der Waals surface area contributed by atoms with Crippen LogP contribution in [0.5, 0.6) is 0 Å². The van der Waals surface area contributed by atoms with E-state index in [9.17, 15) is 5.11 Å². The molecule has 0 saturated carbocycles. The minimum Gasteiger partial charge on any atom is -0.393 e. The Bertz CT molecular complexity index is 337. The van der Waals surface area contributed by atoms with Crippen LogP contribution in [-0.2, 0) is 0 Å². The summed E-state index contributed by atoms with van der Waals surface area (Å²) >= 11 is 0. The van der Waals surface area contributed by atoms with Crippen LogP contribution in [0.2, 0.25) is 0 Å². The maximum atomic E-state index is 9.45. The highest BCUT2D eigenvalue weighted by atomic mass is 16.3. The van der Waals surface area contributed by atoms with Gasteiger partial charge in [0, 0.05) is 25.0 Å². The third kappa shape index (κ3) is 2.50. The van der Waals surface area contributed by atoms with Crippen molar-refractivity contribution in [1.29, 1.82) is 0 Å². The van der Waals surface area contributed by atoms with Crippen molar-refractivity contribution in [3.05, 3.63) is 18.0 Å². The molecule has 2 atom stereocenters. The lowest BCUT2D eigenvalue weighted by atomic mass is 10.1. The maximum Gasteiger partial charge on any atom is 0.225 e. The second-order valence-corrected chi connectivity index (χ2v) is 4.63. The lowest BCUT2D eigenvalue weighted by Crippen LogP contribution is -2.33. The van der Waals surface area contributed by atoms with Crippen LogP contribution in [0, 0.1) is 6.92 Å². The van der Waals surface area contributed by atoms with Crippen LogP contribution in [0.25, 0.3) is 0 Å². The second-order valence-electron chi connectivity index (χ2n) is 4.63. The molecule has 1 N–H and O–H groups in total. The van der Waals surface area contributed by atoms with Gasteiger partial charge in [-0.25, -0.2) is 9.97 Å². The largest absolute Gasteiger partial charge is 0.393 e. The molecule has 1 aliphatic rings. The first-order valence-corrected chi connectivity index (χ1v) is 5.90. The molecule has 2 rings (SSSR count). The highest BCUT2D eigenvalue weighted by Crippen LogP contribution is 2.25. The Hall–Kier alpha value is -1.16. The van der Waals surface area contributed by atoms with Crippen molar-refractivity contribution >= 4 is 5.95 Å². The number of anilines is 1. The van der Waals surface area contributed by atoms with E-state index in [-0.39, 0.29) is 6.10 Å². The molecule has 1 aromatic rings. The van der Waals surface area contributed by atoms with Crippen molar-refractivity contribution in [1.82, 2.24) is 9.97 Å². The molecule has 2 unspecified atom stereocenters. The number of nitrogens with zero attached hydrogens (tertiary/aromatic N) is 3. The summed E-state index contributed by atoms with van der Waals surface area (Å²) in [6.45, 7) is 4.83. The maximum absolute atomic E-state index is 9.45. The number of aromatic nitrogens is 2. The van der Waals surface area contributed by atoms with Gasteiger partial charge in [0.15, 0.2) is 0 Å². The molecule has 1 aromatic heterocycles. The number of rotatable bonds is 3. The fourth-order valence-electron chi connectivity index (χ4n) is 2.27. The summed E-state index contributed by atoms with van der Waals surface area (Å²) in [7, 11) is 0. The predicted octanol–water partition coefficient (Wildman–Crippen LogP) is 1.52. The second kappa shape index (κ2) is 4.78. The number of aliphatic hydroxyl groups is 1. The van der Waals surface area contributed by atoms with E-state index in [1.165, 1.54) is 0 Å². The minimum absolute atomic E-state index is 0.254. The molecule has 0 aliphatic carbocycles. The Balaban J connectivity index is 2.10. The molecule has 0 spiro atoms. The van der Waals surface area contributed by atoms with Crippen LogP contribution in [0.4, 0.5) is 5.95 Å². The quantitative estimate of drug-likeness (QED) is 0.841. The number of aliphatic hydroxyl groups excluding tert-OH is 1. The first kappa shape index (κ1) is 11.3. The van der Waals surface area contributed by atoms with E-state index in [2.05, 4.69) is 14.9 Å². The van der Waals surface area contributed by atoms with Gasteiger partial charge in [-0.05, 0) is 38.7 Å². The van der Waals surface area contributed by atoms with Crippen molar-refractivity contribution < 1.29 is 5.11 Å². The molecule has 2 heterocycles. The summed E-state index contributed by atoms with van der Waals surface area (Å²) in [4.78, 5) is 10.9. The summed E-state index contributed by atoms with van der Waals surface area (Å²) in [6.07, 6.45) is 6.53. The molecule has 1 aliphatic heterocycles. The number of hydrogen-bond acceptors (Lipinski definition) is 4. The first-order chi connectivity index (χ1) is 7.66. The molecule has 4 nitrogen and oxygen atoms in total. The summed E-state index contributed by atoms with van der Waals surface area (Å²) < 4.78 is 0. The van der Waals surface area contributed by atoms with E-state index in [1.807, 2.05) is 26.2 Å². The summed E-state index contributed by atoms with van der Waals surface area (Å²) in [5.74, 6) is 0.800. The van der Waals surface area contributed by atoms with Gasteiger partial charge in [0.2, 0.25) is 5.95 Å². The normalized spacial score (nSPS) is 22.4. The molecule has 16 heavy (non-hydrogen) atoms. The lowest BCUT2D eigenvalue weighted by molar-refractivity contribution is 0.175. The van der Waals surface area contributed by atoms with Crippen LogP contribution in [0.3, 0.4) is 0 Å². The SMILES string of the molecule is Cc1cnc(N2CCCC2CC(C)O)nc1. The number of hydrogen-bond donors (Lipinski definition) is 1. The van der Waals surface area contributed by atoms with Gasteiger partial charge in [-0.3, -0.25) is 0 Å². The molecule has 1 saturated heterocycles. The van der Waals surface area contributed by atoms with Gasteiger partial charge < -0.3 is 10.0 Å². The zero-order valence-corrected chi connectivity index (χ0v) is 9.93. The summed E-state index contributed by atoms with van der Waals surface area (Å²) in [6, 6.07) is 0.391. The van der Waals surface area contributed by atoms with Crippen molar-refractivity contribution in [3.8, 4) is 0 Å². The van der Waals surface area contributed by atoms with Crippen molar-refractivity contribution in [3.63, 3.8) is 0 Å². The Kier molecular flexibility index (Phi) is 3.39. The molecule has 0 bridgehead atoms. The topological polar surface area (TPSA) is 49.2 Å². The fourth-order valence-corrected chi connectivity index (χ4v) is 2.27. The Morgan fingerprint density at radius 2 is 2.19 bits per heavy atom. The number of aryl methyl sites for hydroxylation is 1. The monoisotopic (exact) mass is 221 g/mol. The average molecular weight is 221 g/mol. The van der Waals surface area contributed by atoms with Gasteiger partial charge in [-0.1, -0.05) is 0 Å². The zero-order chi connectivity index (χ0) is 11.5. The van der Waals surface area contributed by atoms with Gasteiger partial charge in [0.25, 0.3) is 0 Å². The molecule has 0 radical (unpaired) electrons. The molecule has 0 aromatic carbocycles. The lowest BCUT2D eigenvalue weighted by Gasteiger charge is -2.25. The van der Waals surface area contributed by atoms with Crippen molar-refractivity contribution in [2.75, 3.05) is 11.4 Å². The van der Waals surface area contributed by atoms with Gasteiger partial charge in [0.05, 0.1) is 6.10 Å². The fraction of sp³-hybridized carbons (Fsp3) is 0.667. The van der Waals surface area contributed by atoms with Crippen LogP contribution in [0.15, 0.2) is 12.4 Å². The van der Waals surface area contributed by atoms with Crippen molar-refractivity contribution in [2.45, 2.75) is 45.3 Å². The van der Waals surface area contributed by atoms with E-state index in [0.717, 1.165) is 37.3 Å². The van der Waals surface area contributed by atoms with Gasteiger partial charge in [0.1, 0.15) is 0 Å². The van der Waals surface area contributed by atoms with Gasteiger partial charge in [-0.15, -0.1) is 0 Å². The third-order valence-corrected chi connectivity index (χ3v) is 3.01. The van der Waals surface area contributed by atoms with E-state index in [1.54, 1.807) is 0 Å². The minimum atomic E-state index is -0.254. The standard InChI is InChI=1S/C12H19N3O/c1-9-7-13-12(14-8-9)15-5-3-4-11(15)6-10(2)16/h7-8,10-11,16H,3-6H2,1-2H3. The summed E-state index contributed by atoms with van der Waals surface area (Å²) in [5, 5.41) is 9.45. The Labute approximate surface area is 96.3 Å². The molecular formula is C12H19N3O. The predicted molar refractivity (Wildman–Crippen MR) is 63.4 cm³/mol. The van der Waals surface area contributed by atoms with Gasteiger partial charge in [-0.2, -0.15) is 0 Å². The van der Waals surface area contributed by atoms with E-state index in [0.29, 0.717) is 6.04 Å². The highest BCUT2D eigenvalue weighted by molar-refractivity contribution is 5.33. The van der Waals surface area contributed by atoms with Crippen LogP contribution in [-0.4, -0.2) is 33.8 Å². The van der Waals surface area contributed by atoms with E-state index in [4.69, 9.17) is 0 Å². The first-order valence-electron chi connectivity index (χ1n) is 5.90. The summed E-state index contributed by atoms with van der Waals surface area (Å²) in [5.41, 5.74) is 1.08. The highest BCUT2D eigenvalue weighted by Gasteiger charge is 2.27. The molecule has 0 amide bonds. The van der Waals surface area contributed by atoms with E-state index < -0.39 is 0 Å². The zero-order valence-electron chi connectivity index (χ0n) is 9.93. The molecule has 1 fully saturated rings. The molecule has 88 valence electrons. The molecule has 4 heteroatoms. The molecular weight excluding hydrogens is 202 g/mol. The van der Waals surface area contributed by atoms with Crippen LogP contribution < -0.4 is 4.90 Å². The van der Waals surface area contributed by atoms with E-state index >= 15 is 0 Å². The van der Waals surface area contributed by atoms with Gasteiger partial charge >= 0.3 is 0 Å².